The van der Waals surface area contributed by atoms with Gasteiger partial charge in [0, 0.05) is 6.42 Å². The minimum absolute atomic E-state index is 0.350. The summed E-state index contributed by atoms with van der Waals surface area (Å²) in [5.41, 5.74) is 0.664. The molecule has 0 atom stereocenters. The molecular formula is C20H38O2. The van der Waals surface area contributed by atoms with Crippen LogP contribution in [0.15, 0.2) is 0 Å². The second-order valence-electron chi connectivity index (χ2n) is 7.53. The Labute approximate surface area is 138 Å². The van der Waals surface area contributed by atoms with Crippen LogP contribution < -0.4 is 0 Å². The van der Waals surface area contributed by atoms with Crippen LogP contribution in [0.5, 0.6) is 0 Å². The predicted molar refractivity (Wildman–Crippen MR) is 94.2 cm³/mol. The molecule has 1 fully saturated rings. The highest BCUT2D eigenvalue weighted by atomic mass is 16.4. The maximum atomic E-state index is 10.5. The molecule has 0 spiro atoms. The molecule has 1 rings (SSSR count). The van der Waals surface area contributed by atoms with Crippen molar-refractivity contribution in [3.63, 3.8) is 0 Å². The molecule has 0 unspecified atom stereocenters. The van der Waals surface area contributed by atoms with Crippen LogP contribution in [0.2, 0.25) is 0 Å². The average Bonchev–Trinajstić information content (AvgIpc) is 2.95. The highest BCUT2D eigenvalue weighted by Gasteiger charge is 2.32. The van der Waals surface area contributed by atoms with Gasteiger partial charge in [-0.2, -0.15) is 0 Å². The van der Waals surface area contributed by atoms with E-state index in [-0.39, 0.29) is 0 Å². The first kappa shape index (κ1) is 19.5. The quantitative estimate of drug-likeness (QED) is 0.361. The van der Waals surface area contributed by atoms with Crippen LogP contribution in [0.25, 0.3) is 0 Å². The zero-order chi connectivity index (χ0) is 16.1. The molecule has 0 aliphatic heterocycles. The van der Waals surface area contributed by atoms with Gasteiger partial charge in [0.25, 0.3) is 0 Å². The van der Waals surface area contributed by atoms with Crippen LogP contribution in [0, 0.1) is 5.41 Å². The number of rotatable bonds is 14. The second-order valence-corrected chi connectivity index (χ2v) is 7.53. The lowest BCUT2D eigenvalue weighted by molar-refractivity contribution is -0.137. The number of aliphatic carboxylic acids is 1. The Morgan fingerprint density at radius 2 is 1.32 bits per heavy atom. The van der Waals surface area contributed by atoms with Gasteiger partial charge in [-0.25, -0.2) is 0 Å². The fourth-order valence-electron chi connectivity index (χ4n) is 4.16. The van der Waals surface area contributed by atoms with Gasteiger partial charge in [0.05, 0.1) is 0 Å². The third-order valence-corrected chi connectivity index (χ3v) is 5.57. The van der Waals surface area contributed by atoms with Crippen LogP contribution in [0.4, 0.5) is 0 Å². The van der Waals surface area contributed by atoms with Crippen molar-refractivity contribution in [3.05, 3.63) is 0 Å². The lowest BCUT2D eigenvalue weighted by Gasteiger charge is -2.29. The van der Waals surface area contributed by atoms with E-state index in [1.165, 1.54) is 89.9 Å². The SMILES string of the molecule is CCCCCCCCC1(CCCCCCC(=O)O)CCCC1. The summed E-state index contributed by atoms with van der Waals surface area (Å²) >= 11 is 0. The molecule has 130 valence electrons. The summed E-state index contributed by atoms with van der Waals surface area (Å²) in [5.74, 6) is -0.643. The summed E-state index contributed by atoms with van der Waals surface area (Å²) in [6.07, 6.45) is 22.0. The van der Waals surface area contributed by atoms with Crippen molar-refractivity contribution in [3.8, 4) is 0 Å². The molecule has 1 saturated carbocycles. The molecular weight excluding hydrogens is 272 g/mol. The molecule has 1 aliphatic carbocycles. The van der Waals surface area contributed by atoms with Gasteiger partial charge in [-0.1, -0.05) is 77.6 Å². The molecule has 0 aromatic carbocycles. The summed E-state index contributed by atoms with van der Waals surface area (Å²) in [6.45, 7) is 2.28. The number of carboxylic acids is 1. The van der Waals surface area contributed by atoms with Crippen LogP contribution in [-0.4, -0.2) is 11.1 Å². The smallest absolute Gasteiger partial charge is 0.303 e. The molecule has 0 aromatic heterocycles. The van der Waals surface area contributed by atoms with E-state index >= 15 is 0 Å². The van der Waals surface area contributed by atoms with Crippen molar-refractivity contribution in [2.75, 3.05) is 0 Å². The number of hydrogen-bond donors (Lipinski definition) is 1. The first-order valence-corrected chi connectivity index (χ1v) is 9.90. The third-order valence-electron chi connectivity index (χ3n) is 5.57. The Kier molecular flexibility index (Phi) is 10.6. The van der Waals surface area contributed by atoms with Gasteiger partial charge in [-0.05, 0) is 37.5 Å². The van der Waals surface area contributed by atoms with Crippen LogP contribution in [-0.2, 0) is 4.79 Å². The molecule has 0 amide bonds. The minimum Gasteiger partial charge on any atom is -0.481 e. The topological polar surface area (TPSA) is 37.3 Å². The zero-order valence-corrected chi connectivity index (χ0v) is 14.9. The zero-order valence-electron chi connectivity index (χ0n) is 14.9. The summed E-state index contributed by atoms with van der Waals surface area (Å²) in [6, 6.07) is 0. The molecule has 0 heterocycles. The molecule has 1 aliphatic rings. The average molecular weight is 311 g/mol. The van der Waals surface area contributed by atoms with Crippen molar-refractivity contribution in [1.82, 2.24) is 0 Å². The first-order chi connectivity index (χ1) is 10.7. The van der Waals surface area contributed by atoms with Crippen LogP contribution in [0.3, 0.4) is 0 Å². The molecule has 0 aromatic rings. The largest absolute Gasteiger partial charge is 0.481 e. The lowest BCUT2D eigenvalue weighted by Crippen LogP contribution is -2.16. The van der Waals surface area contributed by atoms with Crippen molar-refractivity contribution in [2.45, 2.75) is 116 Å². The van der Waals surface area contributed by atoms with Gasteiger partial charge < -0.3 is 5.11 Å². The summed E-state index contributed by atoms with van der Waals surface area (Å²) < 4.78 is 0. The maximum Gasteiger partial charge on any atom is 0.303 e. The Balaban J connectivity index is 2.10. The van der Waals surface area contributed by atoms with E-state index < -0.39 is 5.97 Å². The fraction of sp³-hybridized carbons (Fsp3) is 0.950. The van der Waals surface area contributed by atoms with Crippen molar-refractivity contribution < 1.29 is 9.90 Å². The lowest BCUT2D eigenvalue weighted by atomic mass is 9.76. The molecule has 2 nitrogen and oxygen atoms in total. The summed E-state index contributed by atoms with van der Waals surface area (Å²) in [7, 11) is 0. The van der Waals surface area contributed by atoms with E-state index in [1.807, 2.05) is 0 Å². The van der Waals surface area contributed by atoms with E-state index in [0.29, 0.717) is 11.8 Å². The Hall–Kier alpha value is -0.530. The third kappa shape index (κ3) is 8.80. The second kappa shape index (κ2) is 12.0. The standard InChI is InChI=1S/C20H38O2/c1-2-3-4-5-7-10-15-20(17-12-13-18-20)16-11-8-6-9-14-19(21)22/h2-18H2,1H3,(H,21,22). The Morgan fingerprint density at radius 3 is 1.86 bits per heavy atom. The van der Waals surface area contributed by atoms with Gasteiger partial charge in [-0.3, -0.25) is 4.79 Å². The predicted octanol–water partition coefficient (Wildman–Crippen LogP) is 6.72. The van der Waals surface area contributed by atoms with E-state index in [9.17, 15) is 4.79 Å². The first-order valence-electron chi connectivity index (χ1n) is 9.90. The highest BCUT2D eigenvalue weighted by molar-refractivity contribution is 5.66. The maximum absolute atomic E-state index is 10.5. The summed E-state index contributed by atoms with van der Waals surface area (Å²) in [5, 5.41) is 8.66. The Morgan fingerprint density at radius 1 is 0.818 bits per heavy atom. The van der Waals surface area contributed by atoms with Gasteiger partial charge >= 0.3 is 5.97 Å². The highest BCUT2D eigenvalue weighted by Crippen LogP contribution is 2.46. The van der Waals surface area contributed by atoms with Crippen molar-refractivity contribution >= 4 is 5.97 Å². The minimum atomic E-state index is -0.643. The molecule has 0 saturated heterocycles. The van der Waals surface area contributed by atoms with Crippen LogP contribution in [0.1, 0.15) is 116 Å². The fourth-order valence-corrected chi connectivity index (χ4v) is 4.16. The molecule has 1 N–H and O–H groups in total. The van der Waals surface area contributed by atoms with Crippen LogP contribution >= 0.6 is 0 Å². The van der Waals surface area contributed by atoms with Gasteiger partial charge in [0.2, 0.25) is 0 Å². The van der Waals surface area contributed by atoms with E-state index in [4.69, 9.17) is 5.11 Å². The van der Waals surface area contributed by atoms with E-state index in [1.54, 1.807) is 0 Å². The molecule has 0 radical (unpaired) electrons. The number of unbranched alkanes of at least 4 members (excludes halogenated alkanes) is 8. The van der Waals surface area contributed by atoms with Gasteiger partial charge in [0.1, 0.15) is 0 Å². The summed E-state index contributed by atoms with van der Waals surface area (Å²) in [4.78, 5) is 10.5. The number of carboxylic acid groups (broad SMARTS) is 1. The molecule has 2 heteroatoms. The van der Waals surface area contributed by atoms with Gasteiger partial charge in [0.15, 0.2) is 0 Å². The van der Waals surface area contributed by atoms with Crippen molar-refractivity contribution in [1.29, 1.82) is 0 Å². The van der Waals surface area contributed by atoms with E-state index in [0.717, 1.165) is 12.8 Å². The number of carbonyl (C=O) groups is 1. The van der Waals surface area contributed by atoms with Gasteiger partial charge in [-0.15, -0.1) is 0 Å². The normalized spacial score (nSPS) is 17.0. The molecule has 0 bridgehead atoms. The Bertz CT molecular complexity index is 279. The monoisotopic (exact) mass is 310 g/mol. The number of hydrogen-bond acceptors (Lipinski definition) is 1. The molecule has 22 heavy (non-hydrogen) atoms. The van der Waals surface area contributed by atoms with Crippen molar-refractivity contribution in [2.24, 2.45) is 5.41 Å². The van der Waals surface area contributed by atoms with E-state index in [2.05, 4.69) is 6.92 Å².